The first-order valence-corrected chi connectivity index (χ1v) is 13.4. The fraction of sp³-hybridized carbons (Fsp3) is 0.480. The van der Waals surface area contributed by atoms with Gasteiger partial charge in [0.25, 0.3) is 5.91 Å². The molecule has 36 heavy (non-hydrogen) atoms. The molecule has 11 heteroatoms. The molecule has 7 nitrogen and oxygen atoms in total. The van der Waals surface area contributed by atoms with Crippen LogP contribution in [0, 0.1) is 29.4 Å². The zero-order valence-corrected chi connectivity index (χ0v) is 21.4. The number of anilines is 1. The molecule has 0 spiro atoms. The lowest BCUT2D eigenvalue weighted by molar-refractivity contribution is -0.291. The Labute approximate surface area is 213 Å². The molecule has 3 saturated carbocycles. The fourth-order valence-corrected chi connectivity index (χ4v) is 8.14. The minimum absolute atomic E-state index is 0.00994. The molecule has 3 atom stereocenters. The number of rotatable bonds is 6. The Balaban J connectivity index is 1.58. The first-order valence-electron chi connectivity index (χ1n) is 11.5. The van der Waals surface area contributed by atoms with Gasteiger partial charge in [-0.3, -0.25) is 4.79 Å². The van der Waals surface area contributed by atoms with E-state index in [0.717, 1.165) is 18.2 Å². The van der Waals surface area contributed by atoms with Gasteiger partial charge in [0.2, 0.25) is 0 Å². The molecule has 2 aromatic rings. The van der Waals surface area contributed by atoms with Crippen LogP contribution in [-0.2, 0) is 9.84 Å². The van der Waals surface area contributed by atoms with Crippen LogP contribution in [0.2, 0.25) is 5.02 Å². The summed E-state index contributed by atoms with van der Waals surface area (Å²) in [4.78, 5) is 12.4. The van der Waals surface area contributed by atoms with E-state index in [1.165, 1.54) is 32.0 Å². The van der Waals surface area contributed by atoms with Crippen LogP contribution in [0.1, 0.15) is 44.0 Å². The lowest BCUT2D eigenvalue weighted by Crippen LogP contribution is -2.75. The first kappa shape index (κ1) is 26.9. The van der Waals surface area contributed by atoms with E-state index in [1.807, 2.05) is 6.92 Å². The molecule has 5 rings (SSSR count). The van der Waals surface area contributed by atoms with Gasteiger partial charge in [-0.15, -0.1) is 0 Å². The molecule has 0 heterocycles. The molecular formula is C25H28ClF2NO6S. The molecular weight excluding hydrogens is 516 g/mol. The SMILES string of the molecule is CC(C)(O)[C@@H](O)[C@]1(O)C2C[C@H](S(=O)(=O)c3cc(C(=O)Nc4ccc(F)c(F)c4)ccc3Cl)CC1[C@@H]2C. The van der Waals surface area contributed by atoms with Gasteiger partial charge < -0.3 is 20.6 Å². The minimum atomic E-state index is -4.05. The second kappa shape index (κ2) is 9.02. The van der Waals surface area contributed by atoms with Crippen molar-refractivity contribution in [3.63, 3.8) is 0 Å². The third-order valence-electron chi connectivity index (χ3n) is 7.71. The zero-order chi connectivity index (χ0) is 26.8. The molecule has 2 bridgehead atoms. The molecule has 196 valence electrons. The highest BCUT2D eigenvalue weighted by atomic mass is 35.5. The van der Waals surface area contributed by atoms with E-state index >= 15 is 0 Å². The highest BCUT2D eigenvalue weighted by Crippen LogP contribution is 2.61. The third kappa shape index (κ3) is 4.32. The molecule has 1 amide bonds. The van der Waals surface area contributed by atoms with Gasteiger partial charge in [0, 0.05) is 17.3 Å². The topological polar surface area (TPSA) is 124 Å². The average Bonchev–Trinajstić information content (AvgIpc) is 2.80. The number of carbonyl (C=O) groups is 1. The van der Waals surface area contributed by atoms with E-state index in [2.05, 4.69) is 5.32 Å². The van der Waals surface area contributed by atoms with Crippen molar-refractivity contribution in [3.05, 3.63) is 58.6 Å². The number of halogens is 3. The monoisotopic (exact) mass is 543 g/mol. The highest BCUT2D eigenvalue weighted by Gasteiger charge is 2.69. The Morgan fingerprint density at radius 1 is 1.14 bits per heavy atom. The lowest BCUT2D eigenvalue weighted by Gasteiger charge is -2.65. The largest absolute Gasteiger partial charge is 0.388 e. The number of hydrogen-bond acceptors (Lipinski definition) is 6. The summed E-state index contributed by atoms with van der Waals surface area (Å²) < 4.78 is 53.8. The van der Waals surface area contributed by atoms with E-state index in [9.17, 15) is 37.3 Å². The molecule has 0 saturated heterocycles. The molecule has 0 radical (unpaired) electrons. The summed E-state index contributed by atoms with van der Waals surface area (Å²) in [5.41, 5.74) is -3.25. The van der Waals surface area contributed by atoms with Gasteiger partial charge in [0.1, 0.15) is 6.10 Å². The maximum atomic E-state index is 13.6. The normalized spacial score (nSPS) is 28.8. The van der Waals surface area contributed by atoms with Gasteiger partial charge in [-0.1, -0.05) is 18.5 Å². The Morgan fingerprint density at radius 3 is 2.31 bits per heavy atom. The predicted octanol–water partition coefficient (Wildman–Crippen LogP) is 3.55. The van der Waals surface area contributed by atoms with Crippen molar-refractivity contribution in [2.75, 3.05) is 5.32 Å². The molecule has 0 aromatic heterocycles. The van der Waals surface area contributed by atoms with Crippen LogP contribution >= 0.6 is 11.6 Å². The Bertz CT molecular complexity index is 1300. The van der Waals surface area contributed by atoms with Gasteiger partial charge in [0.05, 0.1) is 26.4 Å². The summed E-state index contributed by atoms with van der Waals surface area (Å²) in [5, 5.41) is 33.5. The third-order valence-corrected chi connectivity index (χ3v) is 10.4. The van der Waals surface area contributed by atoms with Crippen LogP contribution in [0.5, 0.6) is 0 Å². The maximum absolute atomic E-state index is 13.6. The summed E-state index contributed by atoms with van der Waals surface area (Å²) >= 11 is 6.22. The summed E-state index contributed by atoms with van der Waals surface area (Å²) in [6.45, 7) is 4.65. The zero-order valence-electron chi connectivity index (χ0n) is 19.9. The number of benzene rings is 2. The molecule has 2 unspecified atom stereocenters. The average molecular weight is 544 g/mol. The van der Waals surface area contributed by atoms with Gasteiger partial charge in [0.15, 0.2) is 21.5 Å². The molecule has 0 aliphatic heterocycles. The van der Waals surface area contributed by atoms with Crippen LogP contribution in [-0.4, -0.2) is 52.2 Å². The van der Waals surface area contributed by atoms with E-state index in [4.69, 9.17) is 11.6 Å². The highest BCUT2D eigenvalue weighted by molar-refractivity contribution is 7.92. The quantitative estimate of drug-likeness (QED) is 0.442. The van der Waals surface area contributed by atoms with E-state index in [1.54, 1.807) is 0 Å². The Kier molecular flexibility index (Phi) is 6.75. The molecule has 3 fully saturated rings. The van der Waals surface area contributed by atoms with Crippen molar-refractivity contribution < 1.29 is 37.3 Å². The number of aliphatic hydroxyl groups is 3. The summed E-state index contributed by atoms with van der Waals surface area (Å²) in [5.74, 6) is -4.13. The number of hydrogen-bond donors (Lipinski definition) is 4. The second-order valence-corrected chi connectivity index (χ2v) is 13.0. The van der Waals surface area contributed by atoms with E-state index in [0.29, 0.717) is 0 Å². The van der Waals surface area contributed by atoms with Crippen molar-refractivity contribution in [3.8, 4) is 0 Å². The number of carbonyl (C=O) groups excluding carboxylic acids is 1. The number of aliphatic hydroxyl groups excluding tert-OH is 1. The number of amides is 1. The number of sulfone groups is 1. The van der Waals surface area contributed by atoms with Crippen LogP contribution in [0.3, 0.4) is 0 Å². The first-order chi connectivity index (χ1) is 16.6. The Morgan fingerprint density at radius 2 is 1.75 bits per heavy atom. The van der Waals surface area contributed by atoms with Crippen LogP contribution in [0.15, 0.2) is 41.3 Å². The van der Waals surface area contributed by atoms with Crippen molar-refractivity contribution in [1.29, 1.82) is 0 Å². The Hall–Kier alpha value is -2.11. The van der Waals surface area contributed by atoms with Crippen LogP contribution < -0.4 is 5.32 Å². The summed E-state index contributed by atoms with van der Waals surface area (Å²) in [6, 6.07) is 6.55. The standard InChI is InChI=1S/C25H28ClF2NO6S/c1-12-16-10-15(11-17(12)25(16,33)23(31)24(2,3)32)36(34,35)21-8-13(4-6-18(21)26)22(30)29-14-5-7-19(27)20(28)9-14/h4-9,12,15-17,23,31-33H,10-11H2,1-3H3,(H,29,30)/t12-,15+,16?,17?,23-,25+/m1/s1. The lowest BCUT2D eigenvalue weighted by atomic mass is 9.45. The summed E-state index contributed by atoms with van der Waals surface area (Å²) in [7, 11) is -4.05. The van der Waals surface area contributed by atoms with Crippen molar-refractivity contribution in [2.24, 2.45) is 17.8 Å². The van der Waals surface area contributed by atoms with Gasteiger partial charge in [-0.25, -0.2) is 17.2 Å². The van der Waals surface area contributed by atoms with Crippen LogP contribution in [0.25, 0.3) is 0 Å². The van der Waals surface area contributed by atoms with Crippen molar-refractivity contribution in [2.45, 2.75) is 61.1 Å². The fourth-order valence-electron chi connectivity index (χ4n) is 5.79. The molecule has 3 aliphatic carbocycles. The van der Waals surface area contributed by atoms with Gasteiger partial charge in [-0.05, 0) is 74.8 Å². The summed E-state index contributed by atoms with van der Waals surface area (Å²) in [6.07, 6.45) is -1.36. The van der Waals surface area contributed by atoms with Crippen molar-refractivity contribution >= 4 is 33.0 Å². The minimum Gasteiger partial charge on any atom is -0.388 e. The second-order valence-electron chi connectivity index (χ2n) is 10.4. The maximum Gasteiger partial charge on any atom is 0.255 e. The van der Waals surface area contributed by atoms with E-state index < -0.39 is 61.8 Å². The van der Waals surface area contributed by atoms with Crippen molar-refractivity contribution in [1.82, 2.24) is 0 Å². The molecule has 2 aromatic carbocycles. The number of fused-ring (bicyclic) bond motifs is 2. The number of nitrogens with one attached hydrogen (secondary N) is 1. The van der Waals surface area contributed by atoms with Gasteiger partial charge in [-0.2, -0.15) is 0 Å². The molecule has 4 N–H and O–H groups in total. The predicted molar refractivity (Wildman–Crippen MR) is 129 cm³/mol. The van der Waals surface area contributed by atoms with Gasteiger partial charge >= 0.3 is 0 Å². The van der Waals surface area contributed by atoms with Crippen LogP contribution in [0.4, 0.5) is 14.5 Å². The smallest absolute Gasteiger partial charge is 0.255 e. The van der Waals surface area contributed by atoms with E-state index in [-0.39, 0.29) is 39.9 Å². The molecule has 3 aliphatic rings.